The lowest BCUT2D eigenvalue weighted by Gasteiger charge is -2.02. The zero-order valence-corrected chi connectivity index (χ0v) is 11.0. The van der Waals surface area contributed by atoms with E-state index in [1.54, 1.807) is 36.4 Å². The van der Waals surface area contributed by atoms with E-state index in [1.165, 1.54) is 12.1 Å². The fourth-order valence-corrected chi connectivity index (χ4v) is 1.96. The van der Waals surface area contributed by atoms with Gasteiger partial charge < -0.3 is 14.9 Å². The number of furan rings is 1. The van der Waals surface area contributed by atoms with E-state index < -0.39 is 5.97 Å². The summed E-state index contributed by atoms with van der Waals surface area (Å²) in [7, 11) is 0. The molecular formula is C16H12FNO3. The van der Waals surface area contributed by atoms with Gasteiger partial charge in [0, 0.05) is 11.1 Å². The molecule has 0 unspecified atom stereocenters. The zero-order valence-electron chi connectivity index (χ0n) is 11.0. The first-order chi connectivity index (χ1) is 10.1. The molecule has 21 heavy (non-hydrogen) atoms. The van der Waals surface area contributed by atoms with Gasteiger partial charge in [-0.15, -0.1) is 0 Å². The molecule has 3 aromatic rings. The Kier molecular flexibility index (Phi) is 3.31. The lowest BCUT2D eigenvalue weighted by atomic mass is 10.2. The summed E-state index contributed by atoms with van der Waals surface area (Å²) >= 11 is 0. The molecule has 2 N–H and O–H groups in total. The summed E-state index contributed by atoms with van der Waals surface area (Å²) < 4.78 is 23.3. The number of fused-ring (bicyclic) bond motifs is 1. The third-order valence-electron chi connectivity index (χ3n) is 3.02. The van der Waals surface area contributed by atoms with E-state index >= 15 is 0 Å². The van der Waals surface area contributed by atoms with Gasteiger partial charge in [-0.05, 0) is 42.0 Å². The Balaban J connectivity index is 1.73. The molecule has 2 aromatic carbocycles. The van der Waals surface area contributed by atoms with Gasteiger partial charge in [0.15, 0.2) is 0 Å². The van der Waals surface area contributed by atoms with Crippen LogP contribution in [0.1, 0.15) is 16.1 Å². The minimum absolute atomic E-state index is 0.0539. The average molecular weight is 285 g/mol. The lowest BCUT2D eigenvalue weighted by molar-refractivity contribution is 0.0438. The Labute approximate surface area is 119 Å². The van der Waals surface area contributed by atoms with Crippen LogP contribution in [0.25, 0.3) is 11.0 Å². The van der Waals surface area contributed by atoms with Crippen molar-refractivity contribution in [3.05, 3.63) is 65.7 Å². The van der Waals surface area contributed by atoms with Crippen molar-refractivity contribution in [1.29, 1.82) is 0 Å². The fraction of sp³-hybridized carbons (Fsp3) is 0.0625. The van der Waals surface area contributed by atoms with Crippen molar-refractivity contribution >= 4 is 22.6 Å². The van der Waals surface area contributed by atoms with E-state index in [-0.39, 0.29) is 18.2 Å². The molecule has 0 atom stereocenters. The Morgan fingerprint density at radius 2 is 1.90 bits per heavy atom. The van der Waals surface area contributed by atoms with Crippen molar-refractivity contribution in [2.45, 2.75) is 6.61 Å². The summed E-state index contributed by atoms with van der Waals surface area (Å²) in [6.45, 7) is 0.0539. The first-order valence-corrected chi connectivity index (χ1v) is 6.32. The number of benzene rings is 2. The second-order valence-corrected chi connectivity index (χ2v) is 4.61. The van der Waals surface area contributed by atoms with Gasteiger partial charge in [-0.25, -0.2) is 9.18 Å². The highest BCUT2D eigenvalue weighted by Crippen LogP contribution is 2.22. The van der Waals surface area contributed by atoms with Gasteiger partial charge in [0.25, 0.3) is 0 Å². The molecule has 0 fully saturated rings. The van der Waals surface area contributed by atoms with E-state index in [0.717, 1.165) is 5.39 Å². The van der Waals surface area contributed by atoms with Crippen molar-refractivity contribution in [3.63, 3.8) is 0 Å². The van der Waals surface area contributed by atoms with Crippen LogP contribution in [0.3, 0.4) is 0 Å². The van der Waals surface area contributed by atoms with Crippen LogP contribution < -0.4 is 5.73 Å². The second kappa shape index (κ2) is 5.28. The highest BCUT2D eigenvalue weighted by molar-refractivity contribution is 5.93. The number of esters is 1. The zero-order chi connectivity index (χ0) is 14.8. The van der Waals surface area contributed by atoms with Gasteiger partial charge in [0.05, 0.1) is 0 Å². The number of nitrogens with two attached hydrogens (primary N) is 1. The van der Waals surface area contributed by atoms with Crippen molar-refractivity contribution < 1.29 is 18.3 Å². The standard InChI is InChI=1S/C16H12FNO3/c17-12-3-1-10(2-4-12)9-20-16(19)15-8-11-7-13(18)5-6-14(11)21-15/h1-8H,9,18H2. The monoisotopic (exact) mass is 285 g/mol. The number of rotatable bonds is 3. The van der Waals surface area contributed by atoms with E-state index in [1.807, 2.05) is 0 Å². The molecule has 0 saturated heterocycles. The van der Waals surface area contributed by atoms with Gasteiger partial charge >= 0.3 is 5.97 Å². The van der Waals surface area contributed by atoms with Crippen molar-refractivity contribution in [3.8, 4) is 0 Å². The van der Waals surface area contributed by atoms with Crippen LogP contribution in [-0.2, 0) is 11.3 Å². The molecule has 0 aliphatic heterocycles. The Bertz CT molecular complexity index is 793. The summed E-state index contributed by atoms with van der Waals surface area (Å²) in [4.78, 5) is 11.9. The second-order valence-electron chi connectivity index (χ2n) is 4.61. The van der Waals surface area contributed by atoms with Crippen LogP contribution in [0.2, 0.25) is 0 Å². The average Bonchev–Trinajstić information content (AvgIpc) is 2.89. The summed E-state index contributed by atoms with van der Waals surface area (Å²) in [6, 6.07) is 12.4. The summed E-state index contributed by atoms with van der Waals surface area (Å²) in [5.41, 5.74) is 7.53. The number of hydrogen-bond donors (Lipinski definition) is 1. The lowest BCUT2D eigenvalue weighted by Crippen LogP contribution is -2.03. The molecule has 0 bridgehead atoms. The molecule has 4 nitrogen and oxygen atoms in total. The first-order valence-electron chi connectivity index (χ1n) is 6.32. The maximum Gasteiger partial charge on any atom is 0.374 e. The highest BCUT2D eigenvalue weighted by Gasteiger charge is 2.14. The van der Waals surface area contributed by atoms with Crippen LogP contribution in [0.4, 0.5) is 10.1 Å². The molecule has 0 radical (unpaired) electrons. The first kappa shape index (κ1) is 13.2. The third-order valence-corrected chi connectivity index (χ3v) is 3.02. The third kappa shape index (κ3) is 2.86. The molecule has 0 aliphatic rings. The van der Waals surface area contributed by atoms with Crippen molar-refractivity contribution in [2.24, 2.45) is 0 Å². The van der Waals surface area contributed by atoms with E-state index in [4.69, 9.17) is 14.9 Å². The molecule has 1 aromatic heterocycles. The summed E-state index contributed by atoms with van der Waals surface area (Å²) in [6.07, 6.45) is 0. The number of carbonyl (C=O) groups excluding carboxylic acids is 1. The largest absolute Gasteiger partial charge is 0.455 e. The maximum atomic E-state index is 12.8. The van der Waals surface area contributed by atoms with Gasteiger partial charge in [-0.3, -0.25) is 0 Å². The number of nitrogen functional groups attached to an aromatic ring is 1. The minimum atomic E-state index is -0.575. The normalized spacial score (nSPS) is 10.7. The predicted octanol–water partition coefficient (Wildman–Crippen LogP) is 3.51. The van der Waals surface area contributed by atoms with Crippen LogP contribution in [0.5, 0.6) is 0 Å². The molecular weight excluding hydrogens is 273 g/mol. The molecule has 3 rings (SSSR count). The summed E-state index contributed by atoms with van der Waals surface area (Å²) in [5.74, 6) is -0.799. The maximum absolute atomic E-state index is 12.8. The Morgan fingerprint density at radius 1 is 1.14 bits per heavy atom. The van der Waals surface area contributed by atoms with E-state index in [0.29, 0.717) is 16.8 Å². The fourth-order valence-electron chi connectivity index (χ4n) is 1.96. The number of hydrogen-bond acceptors (Lipinski definition) is 4. The SMILES string of the molecule is Nc1ccc2oc(C(=O)OCc3ccc(F)cc3)cc2c1. The summed E-state index contributed by atoms with van der Waals surface area (Å²) in [5, 5.41) is 0.740. The van der Waals surface area contributed by atoms with Gasteiger partial charge in [-0.2, -0.15) is 0 Å². The van der Waals surface area contributed by atoms with Crippen molar-refractivity contribution in [1.82, 2.24) is 0 Å². The Hall–Kier alpha value is -2.82. The van der Waals surface area contributed by atoms with E-state index in [9.17, 15) is 9.18 Å². The molecule has 0 amide bonds. The molecule has 0 saturated carbocycles. The number of halogens is 1. The van der Waals surface area contributed by atoms with E-state index in [2.05, 4.69) is 0 Å². The van der Waals surface area contributed by atoms with Gasteiger partial charge in [0.1, 0.15) is 18.0 Å². The molecule has 106 valence electrons. The van der Waals surface area contributed by atoms with Gasteiger partial charge in [-0.1, -0.05) is 12.1 Å². The molecule has 0 aliphatic carbocycles. The van der Waals surface area contributed by atoms with Crippen molar-refractivity contribution in [2.75, 3.05) is 5.73 Å². The van der Waals surface area contributed by atoms with Crippen LogP contribution in [-0.4, -0.2) is 5.97 Å². The smallest absolute Gasteiger partial charge is 0.374 e. The molecule has 5 heteroatoms. The molecule has 0 spiro atoms. The van der Waals surface area contributed by atoms with Crippen LogP contribution >= 0.6 is 0 Å². The predicted molar refractivity (Wildman–Crippen MR) is 76.1 cm³/mol. The quantitative estimate of drug-likeness (QED) is 0.590. The minimum Gasteiger partial charge on any atom is -0.455 e. The number of carbonyl (C=O) groups is 1. The Morgan fingerprint density at radius 3 is 2.67 bits per heavy atom. The number of ether oxygens (including phenoxy) is 1. The molecule has 1 heterocycles. The van der Waals surface area contributed by atoms with Gasteiger partial charge in [0.2, 0.25) is 5.76 Å². The topological polar surface area (TPSA) is 65.5 Å². The van der Waals surface area contributed by atoms with Crippen LogP contribution in [0.15, 0.2) is 52.9 Å². The number of anilines is 1. The highest BCUT2D eigenvalue weighted by atomic mass is 19.1. The van der Waals surface area contributed by atoms with Crippen LogP contribution in [0, 0.1) is 5.82 Å².